The lowest BCUT2D eigenvalue weighted by atomic mass is 9.34. The van der Waals surface area contributed by atoms with Gasteiger partial charge < -0.3 is 30.8 Å². The Morgan fingerprint density at radius 1 is 1.02 bits per heavy atom. The van der Waals surface area contributed by atoms with E-state index in [0.29, 0.717) is 32.0 Å². The van der Waals surface area contributed by atoms with Gasteiger partial charge in [0.05, 0.1) is 19.1 Å². The Hall–Kier alpha value is -2.46. The van der Waals surface area contributed by atoms with E-state index in [9.17, 15) is 24.3 Å². The van der Waals surface area contributed by atoms with Gasteiger partial charge in [-0.15, -0.1) is 0 Å². The van der Waals surface area contributed by atoms with Gasteiger partial charge in [0.15, 0.2) is 0 Å². The molecule has 10 heteroatoms. The molecule has 5 rings (SSSR count). The summed E-state index contributed by atoms with van der Waals surface area (Å²) in [5.74, 6) is -1.96. The largest absolute Gasteiger partial charge is 0.481 e. The maximum Gasteiger partial charge on any atom is 0.323 e. The van der Waals surface area contributed by atoms with Crippen LogP contribution in [0.15, 0.2) is 11.6 Å². The number of amides is 1. The fraction of sp³-hybridized carbons (Fsp3) is 0.838. The summed E-state index contributed by atoms with van der Waals surface area (Å²) in [5, 5.41) is 10.9. The summed E-state index contributed by atoms with van der Waals surface area (Å²) < 4.78 is 18.6. The molecule has 47 heavy (non-hydrogen) atoms. The smallest absolute Gasteiger partial charge is 0.323 e. The van der Waals surface area contributed by atoms with E-state index in [-0.39, 0.29) is 41.4 Å². The molecule has 1 saturated heterocycles. The highest BCUT2D eigenvalue weighted by Crippen LogP contribution is 2.75. The number of hydrogen-bond donors (Lipinski definition) is 3. The van der Waals surface area contributed by atoms with E-state index in [1.165, 1.54) is 12.5 Å². The number of nitrogens with two attached hydrogens (primary N) is 2. The summed E-state index contributed by atoms with van der Waals surface area (Å²) in [4.78, 5) is 50.5. The van der Waals surface area contributed by atoms with Crippen LogP contribution in [0.25, 0.3) is 0 Å². The van der Waals surface area contributed by atoms with Crippen molar-refractivity contribution in [2.45, 2.75) is 125 Å². The molecule has 3 saturated carbocycles. The van der Waals surface area contributed by atoms with Crippen LogP contribution in [0.5, 0.6) is 0 Å². The quantitative estimate of drug-likeness (QED) is 0.228. The van der Waals surface area contributed by atoms with Gasteiger partial charge in [0.2, 0.25) is 5.91 Å². The van der Waals surface area contributed by atoms with E-state index >= 15 is 0 Å². The van der Waals surface area contributed by atoms with Crippen molar-refractivity contribution in [3.05, 3.63) is 11.6 Å². The second-order valence-corrected chi connectivity index (χ2v) is 17.2. The summed E-state index contributed by atoms with van der Waals surface area (Å²) in [6.45, 7) is 17.7. The van der Waals surface area contributed by atoms with Crippen LogP contribution in [0.4, 0.5) is 0 Å². The lowest BCUT2D eigenvalue weighted by molar-refractivity contribution is -0.263. The van der Waals surface area contributed by atoms with Gasteiger partial charge in [-0.2, -0.15) is 0 Å². The van der Waals surface area contributed by atoms with Gasteiger partial charge in [0, 0.05) is 24.2 Å². The number of carbonyl (C=O) groups excluding carboxylic acids is 3. The van der Waals surface area contributed by atoms with Crippen LogP contribution < -0.4 is 11.5 Å². The molecule has 5 aliphatic rings. The Morgan fingerprint density at radius 3 is 2.30 bits per heavy atom. The van der Waals surface area contributed by atoms with Crippen LogP contribution in [-0.4, -0.2) is 60.4 Å². The minimum atomic E-state index is -1.03. The highest BCUT2D eigenvalue weighted by atomic mass is 16.6. The minimum Gasteiger partial charge on any atom is -0.481 e. The second kappa shape index (κ2) is 12.1. The van der Waals surface area contributed by atoms with E-state index in [2.05, 4.69) is 54.5 Å². The molecule has 4 aliphatic carbocycles. The van der Waals surface area contributed by atoms with Crippen molar-refractivity contribution in [2.24, 2.45) is 68.1 Å². The molecular weight excluding hydrogens is 600 g/mol. The number of aliphatic carboxylic acids is 1. The monoisotopic (exact) mass is 658 g/mol. The highest BCUT2D eigenvalue weighted by Gasteiger charge is 2.72. The van der Waals surface area contributed by atoms with E-state index < -0.39 is 64.2 Å². The number of ether oxygens (including phenoxy) is 3. The third kappa shape index (κ3) is 5.35. The van der Waals surface area contributed by atoms with Crippen LogP contribution in [-0.2, 0) is 33.4 Å². The predicted octanol–water partition coefficient (Wildman–Crippen LogP) is 5.01. The van der Waals surface area contributed by atoms with E-state index in [1.807, 2.05) is 0 Å². The summed E-state index contributed by atoms with van der Waals surface area (Å²) in [7, 11) is 0. The standard InChI is InChI=1S/C37H58N2O8/c1-20(2)21(3)33(5)15-16-35(7)23-9-11-27-34(6)18-45-19-37(27,24(23)13-14-36(35,8)29(33)31(42)43)17-26(46-22(4)40)30(34)47-32(44)25(38)10-12-28(39)41/h13,20-21,23,25-27,29-30H,9-12,14-19,38H2,1-8H3,(H2,39,41)(H,42,43)/t21?,23-,25?,26+,27-,29+,30-,33+,34-,35+,36-,37-/m0/s1. The highest BCUT2D eigenvalue weighted by molar-refractivity contribution is 5.78. The van der Waals surface area contributed by atoms with Crippen molar-refractivity contribution < 1.29 is 38.5 Å². The lowest BCUT2D eigenvalue weighted by Crippen LogP contribution is -2.70. The van der Waals surface area contributed by atoms with Gasteiger partial charge in [-0.1, -0.05) is 60.1 Å². The summed E-state index contributed by atoms with van der Waals surface area (Å²) in [5.41, 5.74) is 10.6. The number of carboxylic acids is 1. The summed E-state index contributed by atoms with van der Waals surface area (Å²) >= 11 is 0. The van der Waals surface area contributed by atoms with Crippen molar-refractivity contribution in [3.63, 3.8) is 0 Å². The molecule has 4 fully saturated rings. The maximum absolute atomic E-state index is 13.3. The third-order valence-corrected chi connectivity index (χ3v) is 14.6. The van der Waals surface area contributed by atoms with Gasteiger partial charge >= 0.3 is 17.9 Å². The van der Waals surface area contributed by atoms with E-state index in [1.54, 1.807) is 0 Å². The molecular formula is C37H58N2O8. The van der Waals surface area contributed by atoms with Crippen LogP contribution in [0.2, 0.25) is 0 Å². The maximum atomic E-state index is 13.3. The molecule has 10 nitrogen and oxygen atoms in total. The van der Waals surface area contributed by atoms with Gasteiger partial charge in [-0.05, 0) is 84.9 Å². The Labute approximate surface area is 280 Å². The number of esters is 2. The van der Waals surface area contributed by atoms with Gasteiger partial charge in [0.1, 0.15) is 18.2 Å². The SMILES string of the molecule is CC(=O)O[C@@H]1C[C@@]23COC[C@@](C)([C@@H]2CC[C@H]2C3=CC[C@@]3(C)[C@H](C(=O)O)[C@@](C)(C(C)C(C)C)CC[C@]23C)[C@H]1OC(=O)C(N)CCC(N)=O. The molecule has 0 spiro atoms. The van der Waals surface area contributed by atoms with Crippen molar-refractivity contribution in [3.8, 4) is 0 Å². The Morgan fingerprint density at radius 2 is 1.70 bits per heavy atom. The summed E-state index contributed by atoms with van der Waals surface area (Å²) in [6.07, 6.45) is 5.55. The average Bonchev–Trinajstić information content (AvgIpc) is 2.97. The number of fused-ring (bicyclic) bond motifs is 3. The van der Waals surface area contributed by atoms with Crippen LogP contribution in [0.1, 0.15) is 107 Å². The van der Waals surface area contributed by atoms with Crippen molar-refractivity contribution >= 4 is 23.8 Å². The fourth-order valence-electron chi connectivity index (χ4n) is 11.7. The molecule has 12 atom stereocenters. The Bertz CT molecular complexity index is 1330. The average molecular weight is 659 g/mol. The number of hydrogen-bond acceptors (Lipinski definition) is 8. The first-order valence-corrected chi connectivity index (χ1v) is 17.7. The van der Waals surface area contributed by atoms with Crippen molar-refractivity contribution in [2.75, 3.05) is 13.2 Å². The zero-order valence-corrected chi connectivity index (χ0v) is 29.7. The van der Waals surface area contributed by atoms with Gasteiger partial charge in [-0.25, -0.2) is 0 Å². The molecule has 0 aromatic heterocycles. The molecule has 5 N–H and O–H groups in total. The fourth-order valence-corrected chi connectivity index (χ4v) is 11.7. The van der Waals surface area contributed by atoms with Crippen LogP contribution in [0.3, 0.4) is 0 Å². The first-order valence-electron chi connectivity index (χ1n) is 17.7. The van der Waals surface area contributed by atoms with Crippen molar-refractivity contribution in [1.29, 1.82) is 0 Å². The number of rotatable bonds is 9. The molecule has 2 bridgehead atoms. The number of carboxylic acid groups (broad SMARTS) is 1. The number of primary amides is 1. The summed E-state index contributed by atoms with van der Waals surface area (Å²) in [6, 6.07) is -1.03. The molecule has 264 valence electrons. The third-order valence-electron chi connectivity index (χ3n) is 14.6. The molecule has 1 aliphatic heterocycles. The van der Waals surface area contributed by atoms with Gasteiger partial charge in [0.25, 0.3) is 0 Å². The van der Waals surface area contributed by atoms with Crippen molar-refractivity contribution in [1.82, 2.24) is 0 Å². The van der Waals surface area contributed by atoms with E-state index in [0.717, 1.165) is 25.7 Å². The zero-order chi connectivity index (χ0) is 34.9. The molecule has 0 radical (unpaired) electrons. The molecule has 1 heterocycles. The lowest BCUT2D eigenvalue weighted by Gasteiger charge is -2.71. The zero-order valence-electron chi connectivity index (χ0n) is 29.7. The topological polar surface area (TPSA) is 168 Å². The van der Waals surface area contributed by atoms with E-state index in [4.69, 9.17) is 25.7 Å². The normalized spacial score (nSPS) is 43.7. The van der Waals surface area contributed by atoms with Crippen LogP contribution in [0, 0.1) is 56.7 Å². The second-order valence-electron chi connectivity index (χ2n) is 17.2. The first-order chi connectivity index (χ1) is 21.8. The van der Waals surface area contributed by atoms with Gasteiger partial charge in [-0.3, -0.25) is 19.2 Å². The minimum absolute atomic E-state index is 0.0358. The Balaban J connectivity index is 1.55. The number of carbonyl (C=O) groups is 4. The molecule has 2 unspecified atom stereocenters. The number of allylic oxidation sites excluding steroid dienone is 1. The molecule has 0 aromatic rings. The van der Waals surface area contributed by atoms with Crippen LogP contribution >= 0.6 is 0 Å². The predicted molar refractivity (Wildman–Crippen MR) is 175 cm³/mol. The first kappa shape index (κ1) is 35.8. The molecule has 1 amide bonds. The Kier molecular flexibility index (Phi) is 9.26. The molecule has 0 aromatic carbocycles.